The van der Waals surface area contributed by atoms with Gasteiger partial charge in [-0.25, -0.2) is 12.8 Å². The van der Waals surface area contributed by atoms with Crippen molar-refractivity contribution in [2.45, 2.75) is 30.7 Å². The van der Waals surface area contributed by atoms with Crippen LogP contribution in [0.1, 0.15) is 35.3 Å². The Morgan fingerprint density at radius 3 is 2.59 bits per heavy atom. The maximum Gasteiger partial charge on any atom is 0.253 e. The Labute approximate surface area is 158 Å². The molecule has 0 radical (unpaired) electrons. The van der Waals surface area contributed by atoms with Crippen LogP contribution in [0.15, 0.2) is 47.5 Å². The van der Waals surface area contributed by atoms with Crippen LogP contribution >= 0.6 is 0 Å². The summed E-state index contributed by atoms with van der Waals surface area (Å²) in [6.45, 7) is 1.02. The fraction of sp³-hybridized carbons (Fsp3) is 0.368. The first-order valence-corrected chi connectivity index (χ1v) is 10.3. The topological polar surface area (TPSA) is 70.6 Å². The summed E-state index contributed by atoms with van der Waals surface area (Å²) in [4.78, 5) is 17.8. The molecule has 1 aliphatic heterocycles. The Balaban J connectivity index is 1.85. The molecule has 8 heteroatoms. The molecule has 1 aromatic heterocycles. The Morgan fingerprint density at radius 1 is 1.19 bits per heavy atom. The van der Waals surface area contributed by atoms with E-state index in [4.69, 9.17) is 0 Å². The largest absolute Gasteiger partial charge is 0.336 e. The van der Waals surface area contributed by atoms with E-state index in [0.29, 0.717) is 18.8 Å². The second kappa shape index (κ2) is 8.14. The van der Waals surface area contributed by atoms with Crippen molar-refractivity contribution in [3.05, 3.63) is 59.7 Å². The van der Waals surface area contributed by atoms with Crippen LogP contribution in [0.25, 0.3) is 0 Å². The summed E-state index contributed by atoms with van der Waals surface area (Å²) in [7, 11) is -2.36. The first-order valence-electron chi connectivity index (χ1n) is 8.84. The molecule has 0 spiro atoms. The monoisotopic (exact) mass is 391 g/mol. The van der Waals surface area contributed by atoms with Crippen molar-refractivity contribution in [3.8, 4) is 0 Å². The highest BCUT2D eigenvalue weighted by Crippen LogP contribution is 2.24. The minimum atomic E-state index is -3.96. The van der Waals surface area contributed by atoms with Crippen LogP contribution in [0.4, 0.5) is 4.39 Å². The SMILES string of the molecule is CN(Cc1ccccn1)C(=O)c1ccc(F)c(S(=O)(=O)N2CCCCC2)c1. The number of sulfonamides is 1. The Bertz CT molecular complexity index is 913. The minimum absolute atomic E-state index is 0.130. The van der Waals surface area contributed by atoms with Crippen LogP contribution in [0, 0.1) is 5.82 Å². The van der Waals surface area contributed by atoms with Gasteiger partial charge in [0.2, 0.25) is 10.0 Å². The lowest BCUT2D eigenvalue weighted by atomic mass is 10.2. The van der Waals surface area contributed by atoms with E-state index in [0.717, 1.165) is 31.4 Å². The quantitative estimate of drug-likeness (QED) is 0.786. The molecular weight excluding hydrogens is 369 g/mol. The number of nitrogens with zero attached hydrogens (tertiary/aromatic N) is 3. The molecule has 2 aromatic rings. The highest BCUT2D eigenvalue weighted by molar-refractivity contribution is 7.89. The molecule has 1 aromatic carbocycles. The van der Waals surface area contributed by atoms with Crippen LogP contribution in [0.3, 0.4) is 0 Å². The maximum atomic E-state index is 14.3. The molecule has 1 fully saturated rings. The predicted octanol–water partition coefficient (Wildman–Crippen LogP) is 2.67. The normalized spacial score (nSPS) is 15.5. The third-order valence-corrected chi connectivity index (χ3v) is 6.50. The van der Waals surface area contributed by atoms with Gasteiger partial charge in [0, 0.05) is 31.9 Å². The summed E-state index contributed by atoms with van der Waals surface area (Å²) in [6.07, 6.45) is 4.11. The van der Waals surface area contributed by atoms with Crippen molar-refractivity contribution in [2.24, 2.45) is 0 Å². The molecule has 0 N–H and O–H groups in total. The highest BCUT2D eigenvalue weighted by Gasteiger charge is 2.29. The van der Waals surface area contributed by atoms with E-state index in [1.54, 1.807) is 25.4 Å². The maximum absolute atomic E-state index is 14.3. The Morgan fingerprint density at radius 2 is 1.93 bits per heavy atom. The van der Waals surface area contributed by atoms with Crippen LogP contribution < -0.4 is 0 Å². The lowest BCUT2D eigenvalue weighted by Gasteiger charge is -2.26. The van der Waals surface area contributed by atoms with Crippen molar-refractivity contribution in [3.63, 3.8) is 0 Å². The van der Waals surface area contributed by atoms with Gasteiger partial charge in [-0.1, -0.05) is 12.5 Å². The molecule has 0 unspecified atom stereocenters. The Hall–Kier alpha value is -2.32. The van der Waals surface area contributed by atoms with Crippen LogP contribution in [0.5, 0.6) is 0 Å². The van der Waals surface area contributed by atoms with Gasteiger partial charge in [-0.3, -0.25) is 9.78 Å². The predicted molar refractivity (Wildman–Crippen MR) is 99.0 cm³/mol. The van der Waals surface area contributed by atoms with Gasteiger partial charge in [0.25, 0.3) is 5.91 Å². The van der Waals surface area contributed by atoms with Gasteiger partial charge in [-0.2, -0.15) is 4.31 Å². The van der Waals surface area contributed by atoms with Crippen molar-refractivity contribution in [1.29, 1.82) is 0 Å². The zero-order valence-corrected chi connectivity index (χ0v) is 16.0. The lowest BCUT2D eigenvalue weighted by molar-refractivity contribution is 0.0783. The summed E-state index contributed by atoms with van der Waals surface area (Å²) in [6, 6.07) is 8.88. The second-order valence-electron chi connectivity index (χ2n) is 6.59. The van der Waals surface area contributed by atoms with Crippen molar-refractivity contribution in [2.75, 3.05) is 20.1 Å². The average molecular weight is 391 g/mol. The van der Waals surface area contributed by atoms with Crippen molar-refractivity contribution < 1.29 is 17.6 Å². The van der Waals surface area contributed by atoms with Gasteiger partial charge < -0.3 is 4.90 Å². The highest BCUT2D eigenvalue weighted by atomic mass is 32.2. The van der Waals surface area contributed by atoms with E-state index in [9.17, 15) is 17.6 Å². The number of benzene rings is 1. The number of rotatable bonds is 5. The van der Waals surface area contributed by atoms with Crippen molar-refractivity contribution in [1.82, 2.24) is 14.2 Å². The summed E-state index contributed by atoms with van der Waals surface area (Å²) >= 11 is 0. The molecule has 3 rings (SSSR count). The van der Waals surface area contributed by atoms with E-state index < -0.39 is 26.6 Å². The van der Waals surface area contributed by atoms with Gasteiger partial charge in [-0.05, 0) is 43.2 Å². The molecule has 2 heterocycles. The van der Waals surface area contributed by atoms with Crippen LogP contribution in [-0.4, -0.2) is 48.7 Å². The average Bonchev–Trinajstić information content (AvgIpc) is 2.69. The molecule has 0 atom stereocenters. The van der Waals surface area contributed by atoms with Gasteiger partial charge in [0.1, 0.15) is 10.7 Å². The third-order valence-electron chi connectivity index (χ3n) is 4.58. The number of pyridine rings is 1. The third kappa shape index (κ3) is 4.33. The number of hydrogen-bond acceptors (Lipinski definition) is 4. The standard InChI is InChI=1S/C19H22FN3O3S/c1-22(14-16-7-3-4-10-21-16)19(24)15-8-9-17(20)18(13-15)27(25,26)23-11-5-2-6-12-23/h3-4,7-10,13H,2,5-6,11-12,14H2,1H3. The molecule has 1 amide bonds. The van der Waals surface area contributed by atoms with Crippen LogP contribution in [-0.2, 0) is 16.6 Å². The number of halogens is 1. The smallest absolute Gasteiger partial charge is 0.253 e. The first-order chi connectivity index (χ1) is 12.9. The van der Waals surface area contributed by atoms with E-state index in [1.807, 2.05) is 6.07 Å². The number of amides is 1. The van der Waals surface area contributed by atoms with Crippen LogP contribution in [0.2, 0.25) is 0 Å². The summed E-state index contributed by atoms with van der Waals surface area (Å²) in [5.74, 6) is -1.24. The zero-order chi connectivity index (χ0) is 19.4. The zero-order valence-electron chi connectivity index (χ0n) is 15.1. The molecule has 27 heavy (non-hydrogen) atoms. The van der Waals surface area contributed by atoms with Gasteiger partial charge >= 0.3 is 0 Å². The fourth-order valence-electron chi connectivity index (χ4n) is 3.11. The number of carbonyl (C=O) groups is 1. The minimum Gasteiger partial charge on any atom is -0.336 e. The fourth-order valence-corrected chi connectivity index (χ4v) is 4.71. The molecule has 1 aliphatic rings. The molecular formula is C19H22FN3O3S. The summed E-state index contributed by atoms with van der Waals surface area (Å²) in [5, 5.41) is 0. The number of carbonyl (C=O) groups excluding carboxylic acids is 1. The van der Waals surface area contributed by atoms with Gasteiger partial charge in [0.15, 0.2) is 0 Å². The summed E-state index contributed by atoms with van der Waals surface area (Å²) < 4.78 is 41.2. The summed E-state index contributed by atoms with van der Waals surface area (Å²) in [5.41, 5.74) is 0.835. The van der Waals surface area contributed by atoms with E-state index in [1.165, 1.54) is 15.3 Å². The second-order valence-corrected chi connectivity index (χ2v) is 8.50. The molecule has 0 aliphatic carbocycles. The molecule has 0 saturated carbocycles. The van der Waals surface area contributed by atoms with Gasteiger partial charge in [0.05, 0.1) is 12.2 Å². The van der Waals surface area contributed by atoms with Gasteiger partial charge in [-0.15, -0.1) is 0 Å². The molecule has 0 bridgehead atoms. The lowest BCUT2D eigenvalue weighted by Crippen LogP contribution is -2.36. The van der Waals surface area contributed by atoms with Crippen molar-refractivity contribution >= 4 is 15.9 Å². The first kappa shape index (κ1) is 19.4. The molecule has 144 valence electrons. The Kier molecular flexibility index (Phi) is 5.86. The van der Waals surface area contributed by atoms with E-state index >= 15 is 0 Å². The number of hydrogen-bond donors (Lipinski definition) is 0. The molecule has 6 nitrogen and oxygen atoms in total. The molecule has 1 saturated heterocycles. The van der Waals surface area contributed by atoms with E-state index in [2.05, 4.69) is 4.98 Å². The number of aromatic nitrogens is 1. The number of piperidine rings is 1. The van der Waals surface area contributed by atoms with E-state index in [-0.39, 0.29) is 12.1 Å².